The van der Waals surface area contributed by atoms with Crippen LogP contribution in [0.2, 0.25) is 0 Å². The Morgan fingerprint density at radius 2 is 1.87 bits per heavy atom. The molecule has 0 bridgehead atoms. The Kier molecular flexibility index (Phi) is 4.80. The topological polar surface area (TPSA) is 0 Å². The average Bonchev–Trinajstić information content (AvgIpc) is 2.26. The van der Waals surface area contributed by atoms with Gasteiger partial charge in [-0.05, 0) is 43.3 Å². The molecule has 1 heteroatoms. The van der Waals surface area contributed by atoms with Gasteiger partial charge in [0, 0.05) is 0 Å². The predicted octanol–water partition coefficient (Wildman–Crippen LogP) is 4.80. The summed E-state index contributed by atoms with van der Waals surface area (Å²) >= 11 is 0. The van der Waals surface area contributed by atoms with Crippen molar-refractivity contribution in [2.24, 2.45) is 11.8 Å². The van der Waals surface area contributed by atoms with Crippen LogP contribution in [0.15, 0.2) is 36.2 Å². The number of hydrogen-bond donors (Lipinski definition) is 0. The molecule has 0 saturated heterocycles. The van der Waals surface area contributed by atoms with Crippen LogP contribution < -0.4 is 0 Å². The Morgan fingerprint density at radius 1 is 1.27 bits per heavy atom. The molecule has 0 aromatic heterocycles. The van der Waals surface area contributed by atoms with Crippen LogP contribution in [0.25, 0.3) is 0 Å². The van der Waals surface area contributed by atoms with E-state index in [1.165, 1.54) is 18.9 Å². The molecule has 15 heavy (non-hydrogen) atoms. The fourth-order valence-electron chi connectivity index (χ4n) is 2.28. The Labute approximate surface area is 92.6 Å². The third-order valence-corrected chi connectivity index (χ3v) is 3.26. The molecule has 0 aromatic carbocycles. The summed E-state index contributed by atoms with van der Waals surface area (Å²) in [5.74, 6) is 1.06. The minimum atomic E-state index is -0.146. The minimum absolute atomic E-state index is 0.146. The first-order chi connectivity index (χ1) is 7.19. The van der Waals surface area contributed by atoms with Crippen molar-refractivity contribution in [3.63, 3.8) is 0 Å². The molecule has 0 unspecified atom stereocenters. The van der Waals surface area contributed by atoms with E-state index in [0.29, 0.717) is 5.92 Å². The van der Waals surface area contributed by atoms with Gasteiger partial charge in [-0.1, -0.05) is 38.5 Å². The van der Waals surface area contributed by atoms with E-state index < -0.39 is 0 Å². The SMILES string of the molecule is C=C/C(F)=C(\C=C/C)C1CCC(C)CC1. The van der Waals surface area contributed by atoms with Crippen molar-refractivity contribution in [1.82, 2.24) is 0 Å². The third kappa shape index (κ3) is 3.33. The van der Waals surface area contributed by atoms with Crippen LogP contribution in [-0.4, -0.2) is 0 Å². The van der Waals surface area contributed by atoms with Gasteiger partial charge in [-0.2, -0.15) is 0 Å². The van der Waals surface area contributed by atoms with Crippen molar-refractivity contribution in [1.29, 1.82) is 0 Å². The van der Waals surface area contributed by atoms with Gasteiger partial charge in [0.05, 0.1) is 0 Å². The number of halogens is 1. The maximum absolute atomic E-state index is 13.6. The molecule has 0 N–H and O–H groups in total. The Morgan fingerprint density at radius 3 is 2.33 bits per heavy atom. The molecule has 0 atom stereocenters. The molecule has 0 amide bonds. The summed E-state index contributed by atoms with van der Waals surface area (Å²) in [6, 6.07) is 0. The Hall–Kier alpha value is -0.850. The normalized spacial score (nSPS) is 29.0. The van der Waals surface area contributed by atoms with Crippen LogP contribution in [0, 0.1) is 11.8 Å². The monoisotopic (exact) mass is 208 g/mol. The summed E-state index contributed by atoms with van der Waals surface area (Å²) in [6.07, 6.45) is 9.80. The number of hydrogen-bond acceptors (Lipinski definition) is 0. The molecule has 0 aliphatic heterocycles. The number of rotatable bonds is 3. The highest BCUT2D eigenvalue weighted by Crippen LogP contribution is 2.35. The Bertz CT molecular complexity index is 265. The lowest BCUT2D eigenvalue weighted by molar-refractivity contribution is 0.320. The predicted molar refractivity (Wildman–Crippen MR) is 64.3 cm³/mol. The van der Waals surface area contributed by atoms with Crippen LogP contribution >= 0.6 is 0 Å². The fourth-order valence-corrected chi connectivity index (χ4v) is 2.28. The average molecular weight is 208 g/mol. The van der Waals surface area contributed by atoms with E-state index in [1.54, 1.807) is 0 Å². The van der Waals surface area contributed by atoms with Crippen molar-refractivity contribution < 1.29 is 4.39 Å². The van der Waals surface area contributed by atoms with Crippen LogP contribution in [0.1, 0.15) is 39.5 Å². The lowest BCUT2D eigenvalue weighted by Gasteiger charge is -2.27. The van der Waals surface area contributed by atoms with Crippen molar-refractivity contribution in [3.05, 3.63) is 36.2 Å². The first-order valence-electron chi connectivity index (χ1n) is 5.83. The molecule has 1 aliphatic rings. The molecular weight excluding hydrogens is 187 g/mol. The second-order valence-corrected chi connectivity index (χ2v) is 4.46. The maximum Gasteiger partial charge on any atom is 0.126 e. The molecular formula is C14H21F. The van der Waals surface area contributed by atoms with Gasteiger partial charge in [-0.3, -0.25) is 0 Å². The lowest BCUT2D eigenvalue weighted by Crippen LogP contribution is -2.14. The second kappa shape index (κ2) is 5.89. The molecule has 0 aromatic rings. The fraction of sp³-hybridized carbons (Fsp3) is 0.571. The van der Waals surface area contributed by atoms with Crippen molar-refractivity contribution >= 4 is 0 Å². The van der Waals surface area contributed by atoms with Gasteiger partial charge < -0.3 is 0 Å². The summed E-state index contributed by atoms with van der Waals surface area (Å²) in [6.45, 7) is 7.72. The van der Waals surface area contributed by atoms with E-state index in [9.17, 15) is 4.39 Å². The zero-order chi connectivity index (χ0) is 11.3. The third-order valence-electron chi connectivity index (χ3n) is 3.26. The highest BCUT2D eigenvalue weighted by Gasteiger charge is 2.21. The highest BCUT2D eigenvalue weighted by atomic mass is 19.1. The lowest BCUT2D eigenvalue weighted by atomic mass is 9.79. The van der Waals surface area contributed by atoms with Crippen molar-refractivity contribution in [3.8, 4) is 0 Å². The smallest absolute Gasteiger partial charge is 0.126 e. The van der Waals surface area contributed by atoms with Crippen molar-refractivity contribution in [2.75, 3.05) is 0 Å². The summed E-state index contributed by atoms with van der Waals surface area (Å²) in [5.41, 5.74) is 0.847. The summed E-state index contributed by atoms with van der Waals surface area (Å²) < 4.78 is 13.6. The quantitative estimate of drug-likeness (QED) is 0.584. The maximum atomic E-state index is 13.6. The largest absolute Gasteiger partial charge is 0.207 e. The van der Waals surface area contributed by atoms with Gasteiger partial charge in [0.1, 0.15) is 5.83 Å². The van der Waals surface area contributed by atoms with Gasteiger partial charge in [0.2, 0.25) is 0 Å². The van der Waals surface area contributed by atoms with Gasteiger partial charge in [-0.25, -0.2) is 4.39 Å². The summed E-state index contributed by atoms with van der Waals surface area (Å²) in [4.78, 5) is 0. The van der Waals surface area contributed by atoms with E-state index in [1.807, 2.05) is 19.1 Å². The van der Waals surface area contributed by atoms with E-state index in [2.05, 4.69) is 13.5 Å². The van der Waals surface area contributed by atoms with Gasteiger partial charge in [0.25, 0.3) is 0 Å². The first-order valence-corrected chi connectivity index (χ1v) is 5.83. The van der Waals surface area contributed by atoms with E-state index in [-0.39, 0.29) is 5.83 Å². The molecule has 1 rings (SSSR count). The summed E-state index contributed by atoms with van der Waals surface area (Å²) in [7, 11) is 0. The van der Waals surface area contributed by atoms with Crippen LogP contribution in [0.5, 0.6) is 0 Å². The summed E-state index contributed by atoms with van der Waals surface area (Å²) in [5, 5.41) is 0. The molecule has 0 radical (unpaired) electrons. The minimum Gasteiger partial charge on any atom is -0.207 e. The van der Waals surface area contributed by atoms with Crippen LogP contribution in [0.4, 0.5) is 4.39 Å². The standard InChI is InChI=1S/C14H21F/c1-4-6-13(14(15)5-2)12-9-7-11(3)8-10-12/h4-6,11-12H,2,7-10H2,1,3H3/b6-4-,14-13-. The van der Waals surface area contributed by atoms with Gasteiger partial charge in [-0.15, -0.1) is 0 Å². The first kappa shape index (κ1) is 12.2. The van der Waals surface area contributed by atoms with E-state index in [4.69, 9.17) is 0 Å². The molecule has 0 nitrogen and oxygen atoms in total. The molecule has 84 valence electrons. The van der Waals surface area contributed by atoms with E-state index >= 15 is 0 Å². The molecule has 0 heterocycles. The second-order valence-electron chi connectivity index (χ2n) is 4.46. The number of allylic oxidation sites excluding steroid dienone is 5. The molecule has 1 fully saturated rings. The van der Waals surface area contributed by atoms with Gasteiger partial charge >= 0.3 is 0 Å². The van der Waals surface area contributed by atoms with Gasteiger partial charge in [0.15, 0.2) is 0 Å². The highest BCUT2D eigenvalue weighted by molar-refractivity contribution is 5.30. The Balaban J connectivity index is 2.77. The van der Waals surface area contributed by atoms with Crippen molar-refractivity contribution in [2.45, 2.75) is 39.5 Å². The zero-order valence-electron chi connectivity index (χ0n) is 9.80. The zero-order valence-corrected chi connectivity index (χ0v) is 9.80. The molecule has 0 spiro atoms. The van der Waals surface area contributed by atoms with Crippen LogP contribution in [0.3, 0.4) is 0 Å². The molecule has 1 saturated carbocycles. The van der Waals surface area contributed by atoms with E-state index in [0.717, 1.165) is 24.3 Å². The van der Waals surface area contributed by atoms with Crippen LogP contribution in [-0.2, 0) is 0 Å². The molecule has 1 aliphatic carbocycles.